The Kier molecular flexibility index (Phi) is 12.5. The number of sulfone groups is 1. The Morgan fingerprint density at radius 2 is 1.48 bits per heavy atom. The van der Waals surface area contributed by atoms with Crippen LogP contribution >= 0.6 is 0 Å². The smallest absolute Gasteiger partial charge is 0.410 e. The molecule has 4 heterocycles. The molecular weight excluding hydrogens is 765 g/mol. The number of anilines is 1. The minimum Gasteiger partial charge on any atom is -0.444 e. The highest BCUT2D eigenvalue weighted by Gasteiger charge is 2.29. The summed E-state index contributed by atoms with van der Waals surface area (Å²) in [7, 11) is -3.19. The van der Waals surface area contributed by atoms with Crippen molar-refractivity contribution in [3.63, 3.8) is 0 Å². The second kappa shape index (κ2) is 17.2. The molecule has 0 bridgehead atoms. The standard InChI is InChI=1S/C41H54N8O8S/c1-40(2,3)56-38(52)43-13-7-12-42-26-28-8-10-32(11-9-28)49-27-31-25-34(44-35(31)45-37(49)51)29-22-30(36(50)47-18-20-58(54,55)21-19-47)24-33(23-29)46-14-16-48(17-15-46)39(53)57-41(4,5)6/h8-11,22-25,27,42H,7,12-21,26H2,1-6H3,(H,43,52)(H,44,45,51). The quantitative estimate of drug-likeness (QED) is 0.194. The minimum absolute atomic E-state index is 0.0839. The Hall–Kier alpha value is -5.42. The Morgan fingerprint density at radius 1 is 0.810 bits per heavy atom. The van der Waals surface area contributed by atoms with Crippen molar-refractivity contribution in [2.24, 2.45) is 0 Å². The number of carbonyl (C=O) groups is 3. The van der Waals surface area contributed by atoms with Crippen LogP contribution in [-0.2, 0) is 25.9 Å². The topological polar surface area (TPSA) is 188 Å². The van der Waals surface area contributed by atoms with E-state index in [9.17, 15) is 27.6 Å². The Balaban J connectivity index is 1.18. The highest BCUT2D eigenvalue weighted by atomic mass is 32.2. The zero-order valence-corrected chi connectivity index (χ0v) is 34.9. The van der Waals surface area contributed by atoms with E-state index in [0.29, 0.717) is 79.4 Å². The van der Waals surface area contributed by atoms with Gasteiger partial charge in [0, 0.05) is 86.4 Å². The first kappa shape index (κ1) is 42.2. The summed E-state index contributed by atoms with van der Waals surface area (Å²) >= 11 is 0. The number of aromatic nitrogens is 3. The van der Waals surface area contributed by atoms with E-state index in [4.69, 9.17) is 9.47 Å². The van der Waals surface area contributed by atoms with Gasteiger partial charge in [0.25, 0.3) is 5.91 Å². The van der Waals surface area contributed by atoms with Gasteiger partial charge >= 0.3 is 17.9 Å². The van der Waals surface area contributed by atoms with Gasteiger partial charge in [0.15, 0.2) is 9.84 Å². The van der Waals surface area contributed by atoms with Crippen LogP contribution in [0.25, 0.3) is 28.0 Å². The molecule has 3 N–H and O–H groups in total. The number of benzene rings is 2. The zero-order valence-electron chi connectivity index (χ0n) is 34.1. The molecule has 2 saturated heterocycles. The Morgan fingerprint density at radius 3 is 2.14 bits per heavy atom. The molecule has 16 nitrogen and oxygen atoms in total. The molecule has 2 aromatic heterocycles. The average molecular weight is 819 g/mol. The molecule has 0 atom stereocenters. The fourth-order valence-corrected chi connectivity index (χ4v) is 7.91. The number of nitrogens with one attached hydrogen (secondary N) is 3. The van der Waals surface area contributed by atoms with E-state index in [1.165, 1.54) is 4.57 Å². The molecule has 58 heavy (non-hydrogen) atoms. The lowest BCUT2D eigenvalue weighted by Gasteiger charge is -2.37. The van der Waals surface area contributed by atoms with Crippen molar-refractivity contribution in [2.45, 2.75) is 65.7 Å². The normalized spacial score (nSPS) is 16.0. The molecule has 2 aliphatic heterocycles. The molecule has 0 unspecified atom stereocenters. The lowest BCUT2D eigenvalue weighted by molar-refractivity contribution is 0.0240. The van der Waals surface area contributed by atoms with Gasteiger partial charge in [-0.2, -0.15) is 4.98 Å². The third-order valence-corrected chi connectivity index (χ3v) is 11.3. The predicted octanol–water partition coefficient (Wildman–Crippen LogP) is 4.31. The molecule has 0 saturated carbocycles. The van der Waals surface area contributed by atoms with Crippen molar-refractivity contribution < 1.29 is 32.3 Å². The van der Waals surface area contributed by atoms with Gasteiger partial charge in [0.05, 0.1) is 17.2 Å². The number of H-pyrrole nitrogens is 1. The summed E-state index contributed by atoms with van der Waals surface area (Å²) in [6.45, 7) is 14.9. The average Bonchev–Trinajstić information content (AvgIpc) is 3.57. The summed E-state index contributed by atoms with van der Waals surface area (Å²) in [5, 5.41) is 6.79. The summed E-state index contributed by atoms with van der Waals surface area (Å²) in [6.07, 6.45) is 1.66. The summed E-state index contributed by atoms with van der Waals surface area (Å²) in [6, 6.07) is 15.0. The molecule has 2 fully saturated rings. The molecular formula is C41H54N8O8S. The molecule has 2 aromatic carbocycles. The fourth-order valence-electron chi connectivity index (χ4n) is 6.70. The molecule has 17 heteroatoms. The Bertz CT molecular complexity index is 2290. The number of hydrogen-bond acceptors (Lipinski definition) is 11. The molecule has 0 radical (unpaired) electrons. The lowest BCUT2D eigenvalue weighted by Crippen LogP contribution is -2.50. The number of piperazine rings is 1. The van der Waals surface area contributed by atoms with E-state index in [1.54, 1.807) is 22.1 Å². The highest BCUT2D eigenvalue weighted by molar-refractivity contribution is 7.91. The van der Waals surface area contributed by atoms with Crippen molar-refractivity contribution >= 4 is 44.7 Å². The van der Waals surface area contributed by atoms with Crippen LogP contribution in [0.1, 0.15) is 63.9 Å². The maximum Gasteiger partial charge on any atom is 0.410 e. The van der Waals surface area contributed by atoms with E-state index in [2.05, 4.69) is 25.5 Å². The van der Waals surface area contributed by atoms with Crippen molar-refractivity contribution in [1.29, 1.82) is 0 Å². The molecule has 312 valence electrons. The maximum atomic E-state index is 13.9. The van der Waals surface area contributed by atoms with E-state index in [0.717, 1.165) is 17.7 Å². The summed E-state index contributed by atoms with van der Waals surface area (Å²) in [5.74, 6) is -0.438. The van der Waals surface area contributed by atoms with Crippen LogP contribution in [-0.4, -0.2) is 126 Å². The van der Waals surface area contributed by atoms with Crippen LogP contribution in [0.4, 0.5) is 15.3 Å². The van der Waals surface area contributed by atoms with Crippen LogP contribution in [0.5, 0.6) is 0 Å². The van der Waals surface area contributed by atoms with Crippen LogP contribution in [0.2, 0.25) is 0 Å². The summed E-state index contributed by atoms with van der Waals surface area (Å²) in [4.78, 5) is 64.7. The van der Waals surface area contributed by atoms with Gasteiger partial charge in [-0.05, 0) is 96.5 Å². The van der Waals surface area contributed by atoms with Gasteiger partial charge in [0.1, 0.15) is 16.8 Å². The van der Waals surface area contributed by atoms with Crippen molar-refractivity contribution in [3.05, 3.63) is 76.3 Å². The first-order chi connectivity index (χ1) is 27.3. The van der Waals surface area contributed by atoms with Crippen LogP contribution in [0, 0.1) is 0 Å². The van der Waals surface area contributed by atoms with Crippen molar-refractivity contribution in [3.8, 4) is 16.9 Å². The van der Waals surface area contributed by atoms with Crippen LogP contribution in [0.15, 0.2) is 59.5 Å². The summed E-state index contributed by atoms with van der Waals surface area (Å²) < 4.78 is 36.6. The van der Waals surface area contributed by atoms with Gasteiger partial charge in [-0.1, -0.05) is 12.1 Å². The number of ether oxygens (including phenoxy) is 2. The van der Waals surface area contributed by atoms with Gasteiger partial charge in [-0.25, -0.2) is 22.8 Å². The largest absolute Gasteiger partial charge is 0.444 e. The van der Waals surface area contributed by atoms with E-state index < -0.39 is 32.8 Å². The van der Waals surface area contributed by atoms with Gasteiger partial charge in [-0.3, -0.25) is 9.36 Å². The van der Waals surface area contributed by atoms with Crippen LogP contribution < -0.4 is 21.2 Å². The van der Waals surface area contributed by atoms with Crippen LogP contribution in [0.3, 0.4) is 0 Å². The first-order valence-corrected chi connectivity index (χ1v) is 21.4. The Labute approximate surface area is 338 Å². The number of aromatic amines is 1. The third kappa shape index (κ3) is 11.2. The molecule has 4 aromatic rings. The maximum absolute atomic E-state index is 13.9. The van der Waals surface area contributed by atoms with Gasteiger partial charge < -0.3 is 39.8 Å². The van der Waals surface area contributed by atoms with Gasteiger partial charge in [-0.15, -0.1) is 0 Å². The monoisotopic (exact) mass is 818 g/mol. The highest BCUT2D eigenvalue weighted by Crippen LogP contribution is 2.30. The van der Waals surface area contributed by atoms with Crippen molar-refractivity contribution in [2.75, 3.05) is 68.8 Å². The number of alkyl carbamates (subject to hydrolysis) is 1. The van der Waals surface area contributed by atoms with Crippen molar-refractivity contribution in [1.82, 2.24) is 35.0 Å². The summed E-state index contributed by atoms with van der Waals surface area (Å²) in [5.41, 5.74) is 2.96. The number of fused-ring (bicyclic) bond motifs is 1. The van der Waals surface area contributed by atoms with E-state index in [-0.39, 0.29) is 36.6 Å². The zero-order chi connectivity index (χ0) is 41.8. The minimum atomic E-state index is -3.19. The lowest BCUT2D eigenvalue weighted by atomic mass is 10.0. The molecule has 3 amide bonds. The first-order valence-electron chi connectivity index (χ1n) is 19.6. The fraction of sp³-hybridized carbons (Fsp3) is 0.488. The predicted molar refractivity (Wildman–Crippen MR) is 222 cm³/mol. The number of hydrogen-bond donors (Lipinski definition) is 3. The van der Waals surface area contributed by atoms with E-state index >= 15 is 0 Å². The molecule has 0 spiro atoms. The molecule has 2 aliphatic rings. The second-order valence-corrected chi connectivity index (χ2v) is 19.0. The SMILES string of the molecule is CC(C)(C)OC(=O)NCCCNCc1ccc(-n2cc3cc(-c4cc(C(=O)N5CCS(=O)(=O)CC5)cc(N5CCN(C(=O)OC(C)(C)C)CC5)c4)[nH]c3nc2=O)cc1. The molecule has 6 rings (SSSR count). The number of carbonyl (C=O) groups excluding carboxylic acids is 3. The third-order valence-electron chi connectivity index (χ3n) is 9.65. The van der Waals surface area contributed by atoms with E-state index in [1.807, 2.05) is 84.0 Å². The number of rotatable bonds is 10. The number of amides is 3. The van der Waals surface area contributed by atoms with Gasteiger partial charge in [0.2, 0.25) is 0 Å². The number of nitrogens with zero attached hydrogens (tertiary/aromatic N) is 5. The second-order valence-electron chi connectivity index (χ2n) is 16.7. The molecule has 0 aliphatic carbocycles.